The first kappa shape index (κ1) is 14.6. The molecule has 0 heterocycles. The molecule has 2 rings (SSSR count). The summed E-state index contributed by atoms with van der Waals surface area (Å²) < 4.78 is 40.0. The Morgan fingerprint density at radius 1 is 1.10 bits per heavy atom. The molecule has 0 fully saturated rings. The highest BCUT2D eigenvalue weighted by atomic mass is 35.5. The Morgan fingerprint density at radius 2 is 1.70 bits per heavy atom. The van der Waals surface area contributed by atoms with E-state index in [2.05, 4.69) is 5.32 Å². The number of thiocarbonyl (C=S) groups is 1. The van der Waals surface area contributed by atoms with Crippen LogP contribution in [-0.2, 0) is 0 Å². The number of rotatable bonds is 3. The van der Waals surface area contributed by atoms with Crippen LogP contribution in [0.3, 0.4) is 0 Å². The fourth-order valence-corrected chi connectivity index (χ4v) is 1.97. The number of hydrogen-bond acceptors (Lipinski definition) is 2. The summed E-state index contributed by atoms with van der Waals surface area (Å²) in [4.78, 5) is 0.0120. The topological polar surface area (TPSA) is 38.0 Å². The van der Waals surface area contributed by atoms with Crippen LogP contribution >= 0.6 is 23.8 Å². The molecule has 2 nitrogen and oxygen atoms in total. The Kier molecular flexibility index (Phi) is 4.15. The zero-order valence-corrected chi connectivity index (χ0v) is 11.5. The number of nitrogens with two attached hydrogens (primary N) is 1. The smallest absolute Gasteiger partial charge is 0.152 e. The molecule has 20 heavy (non-hydrogen) atoms. The molecule has 7 heteroatoms. The van der Waals surface area contributed by atoms with Crippen LogP contribution in [0.25, 0.3) is 0 Å². The standard InChI is InChI=1S/C13H8ClF3N2S/c14-6-1-2-11(8(3-6)13(18)20)19-12-9(16)4-7(15)5-10(12)17/h1-5,19H,(H2,18,20). The first-order valence-corrected chi connectivity index (χ1v) is 6.18. The molecule has 0 spiro atoms. The SMILES string of the molecule is NC(=S)c1cc(Cl)ccc1Nc1c(F)cc(F)cc1F. The van der Waals surface area contributed by atoms with E-state index in [-0.39, 0.29) is 10.7 Å². The quantitative estimate of drug-likeness (QED) is 0.836. The van der Waals surface area contributed by atoms with E-state index in [1.54, 1.807) is 0 Å². The number of benzene rings is 2. The molecule has 2 aromatic carbocycles. The minimum Gasteiger partial charge on any atom is -0.389 e. The summed E-state index contributed by atoms with van der Waals surface area (Å²) in [6.07, 6.45) is 0. The van der Waals surface area contributed by atoms with Crippen molar-refractivity contribution >= 4 is 40.2 Å². The van der Waals surface area contributed by atoms with Crippen LogP contribution in [0, 0.1) is 17.5 Å². The van der Waals surface area contributed by atoms with Crippen molar-refractivity contribution in [1.29, 1.82) is 0 Å². The van der Waals surface area contributed by atoms with Gasteiger partial charge in [-0.15, -0.1) is 0 Å². The third kappa shape index (κ3) is 3.02. The minimum atomic E-state index is -1.06. The molecule has 0 atom stereocenters. The van der Waals surface area contributed by atoms with Crippen LogP contribution < -0.4 is 11.1 Å². The Labute approximate surface area is 123 Å². The highest BCUT2D eigenvalue weighted by molar-refractivity contribution is 7.80. The van der Waals surface area contributed by atoms with E-state index in [0.717, 1.165) is 0 Å². The summed E-state index contributed by atoms with van der Waals surface area (Å²) in [7, 11) is 0. The highest BCUT2D eigenvalue weighted by Gasteiger charge is 2.14. The molecule has 2 aromatic rings. The van der Waals surface area contributed by atoms with Crippen molar-refractivity contribution in [3.05, 3.63) is 58.4 Å². The minimum absolute atomic E-state index is 0.0120. The maximum absolute atomic E-state index is 13.6. The van der Waals surface area contributed by atoms with Crippen molar-refractivity contribution in [1.82, 2.24) is 0 Å². The Bertz CT molecular complexity index is 668. The fourth-order valence-electron chi connectivity index (χ4n) is 1.63. The first-order chi connectivity index (χ1) is 9.38. The van der Waals surface area contributed by atoms with E-state index in [1.807, 2.05) is 0 Å². The van der Waals surface area contributed by atoms with Gasteiger partial charge < -0.3 is 11.1 Å². The molecule has 0 radical (unpaired) electrons. The lowest BCUT2D eigenvalue weighted by Crippen LogP contribution is -2.12. The zero-order chi connectivity index (χ0) is 14.9. The van der Waals surface area contributed by atoms with E-state index in [9.17, 15) is 13.2 Å². The van der Waals surface area contributed by atoms with Crippen molar-refractivity contribution in [2.75, 3.05) is 5.32 Å². The van der Waals surface area contributed by atoms with Gasteiger partial charge in [0.2, 0.25) is 0 Å². The van der Waals surface area contributed by atoms with E-state index in [0.29, 0.717) is 22.7 Å². The summed E-state index contributed by atoms with van der Waals surface area (Å²) in [5, 5.41) is 2.88. The average Bonchev–Trinajstić information content (AvgIpc) is 2.34. The summed E-state index contributed by atoms with van der Waals surface area (Å²) in [6, 6.07) is 5.58. The van der Waals surface area contributed by atoms with Crippen molar-refractivity contribution in [3.63, 3.8) is 0 Å². The highest BCUT2D eigenvalue weighted by Crippen LogP contribution is 2.28. The Balaban J connectivity index is 2.48. The lowest BCUT2D eigenvalue weighted by Gasteiger charge is -2.13. The Morgan fingerprint density at radius 3 is 2.25 bits per heavy atom. The lowest BCUT2D eigenvalue weighted by molar-refractivity contribution is 0.549. The molecular formula is C13H8ClF3N2S. The molecule has 0 aliphatic heterocycles. The van der Waals surface area contributed by atoms with Crippen LogP contribution in [0.5, 0.6) is 0 Å². The molecule has 0 aromatic heterocycles. The normalized spacial score (nSPS) is 10.4. The third-order valence-corrected chi connectivity index (χ3v) is 2.97. The molecule has 0 amide bonds. The second kappa shape index (κ2) is 5.68. The van der Waals surface area contributed by atoms with Gasteiger partial charge >= 0.3 is 0 Å². The van der Waals surface area contributed by atoms with Gasteiger partial charge in [-0.3, -0.25) is 0 Å². The number of nitrogens with one attached hydrogen (secondary N) is 1. The van der Waals surface area contributed by atoms with Crippen LogP contribution in [-0.4, -0.2) is 4.99 Å². The molecule has 104 valence electrons. The molecule has 3 N–H and O–H groups in total. The lowest BCUT2D eigenvalue weighted by atomic mass is 10.1. The summed E-state index contributed by atoms with van der Waals surface area (Å²) >= 11 is 10.7. The molecular weight excluding hydrogens is 309 g/mol. The summed E-state index contributed by atoms with van der Waals surface area (Å²) in [6.45, 7) is 0. The van der Waals surface area contributed by atoms with Crippen LogP contribution in [0.2, 0.25) is 5.02 Å². The summed E-state index contributed by atoms with van der Waals surface area (Å²) in [5.74, 6) is -3.13. The second-order valence-corrected chi connectivity index (χ2v) is 4.80. The van der Waals surface area contributed by atoms with Crippen molar-refractivity contribution in [3.8, 4) is 0 Å². The molecule has 0 aliphatic carbocycles. The zero-order valence-electron chi connectivity index (χ0n) is 9.88. The van der Waals surface area contributed by atoms with Crippen molar-refractivity contribution in [2.45, 2.75) is 0 Å². The van der Waals surface area contributed by atoms with Gasteiger partial charge in [0.25, 0.3) is 0 Å². The van der Waals surface area contributed by atoms with Gasteiger partial charge in [-0.1, -0.05) is 23.8 Å². The van der Waals surface area contributed by atoms with Crippen LogP contribution in [0.15, 0.2) is 30.3 Å². The Hall–Kier alpha value is -1.79. The van der Waals surface area contributed by atoms with Gasteiger partial charge in [0.05, 0.1) is 0 Å². The third-order valence-electron chi connectivity index (χ3n) is 2.51. The molecule has 0 saturated heterocycles. The van der Waals surface area contributed by atoms with Gasteiger partial charge in [0, 0.05) is 28.4 Å². The molecule has 0 bridgehead atoms. The van der Waals surface area contributed by atoms with Gasteiger partial charge in [0.1, 0.15) is 16.5 Å². The van der Waals surface area contributed by atoms with Crippen LogP contribution in [0.4, 0.5) is 24.5 Å². The largest absolute Gasteiger partial charge is 0.389 e. The molecule has 0 aliphatic rings. The average molecular weight is 317 g/mol. The van der Waals surface area contributed by atoms with Crippen molar-refractivity contribution < 1.29 is 13.2 Å². The summed E-state index contributed by atoms with van der Waals surface area (Å²) in [5.41, 5.74) is 5.63. The van der Waals surface area contributed by atoms with E-state index in [1.165, 1.54) is 18.2 Å². The maximum Gasteiger partial charge on any atom is 0.152 e. The maximum atomic E-state index is 13.6. The first-order valence-electron chi connectivity index (χ1n) is 5.39. The molecule has 0 unspecified atom stereocenters. The van der Waals surface area contributed by atoms with Crippen LogP contribution in [0.1, 0.15) is 5.56 Å². The van der Waals surface area contributed by atoms with Gasteiger partial charge in [-0.05, 0) is 18.2 Å². The monoisotopic (exact) mass is 316 g/mol. The van der Waals surface area contributed by atoms with E-state index < -0.39 is 23.1 Å². The van der Waals surface area contributed by atoms with E-state index in [4.69, 9.17) is 29.6 Å². The van der Waals surface area contributed by atoms with Gasteiger partial charge in [0.15, 0.2) is 11.6 Å². The van der Waals surface area contributed by atoms with E-state index >= 15 is 0 Å². The predicted octanol–water partition coefficient (Wildman–Crippen LogP) is 4.14. The predicted molar refractivity (Wildman–Crippen MR) is 76.9 cm³/mol. The fraction of sp³-hybridized carbons (Fsp3) is 0. The van der Waals surface area contributed by atoms with Gasteiger partial charge in [-0.25, -0.2) is 13.2 Å². The number of hydrogen-bond donors (Lipinski definition) is 2. The number of halogens is 4. The second-order valence-electron chi connectivity index (χ2n) is 3.92. The van der Waals surface area contributed by atoms with Crippen molar-refractivity contribution in [2.24, 2.45) is 5.73 Å². The molecule has 0 saturated carbocycles. The van der Waals surface area contributed by atoms with Gasteiger partial charge in [-0.2, -0.15) is 0 Å². The number of anilines is 2.